The van der Waals surface area contributed by atoms with Crippen molar-refractivity contribution >= 4 is 27.9 Å². The van der Waals surface area contributed by atoms with Gasteiger partial charge in [-0.2, -0.15) is 0 Å². The van der Waals surface area contributed by atoms with Crippen molar-refractivity contribution in [2.45, 2.75) is 54.6 Å². The van der Waals surface area contributed by atoms with Crippen LogP contribution in [-0.2, 0) is 4.79 Å². The molecule has 0 spiro atoms. The number of carbonyl (C=O) groups excluding carboxylic acids is 1. The predicted octanol–water partition coefficient (Wildman–Crippen LogP) is 4.59. The molecule has 0 unspecified atom stereocenters. The summed E-state index contributed by atoms with van der Waals surface area (Å²) in [5.41, 5.74) is 1.21. The van der Waals surface area contributed by atoms with E-state index in [0.29, 0.717) is 0 Å². The van der Waals surface area contributed by atoms with Gasteiger partial charge in [0, 0.05) is 0 Å². The molecule has 0 N–H and O–H groups in total. The van der Waals surface area contributed by atoms with Crippen molar-refractivity contribution in [3.8, 4) is 0 Å². The first-order valence-electron chi connectivity index (χ1n) is 7.74. The van der Waals surface area contributed by atoms with Gasteiger partial charge in [0.2, 0.25) is 0 Å². The predicted molar refractivity (Wildman–Crippen MR) is 94.9 cm³/mol. The third-order valence-corrected chi connectivity index (χ3v) is 9.38. The summed E-state index contributed by atoms with van der Waals surface area (Å²) in [6.07, 6.45) is 1.91. The molecule has 0 heterocycles. The molecule has 1 amide bonds. The third kappa shape index (κ3) is 5.17. The maximum absolute atomic E-state index is 12.7. The molecular weight excluding hydrogens is 365 g/mol. The monoisotopic (exact) mass is 395 g/mol. The molecule has 0 bridgehead atoms. The average Bonchev–Trinajstić information content (AvgIpc) is 2.34. The molecule has 0 saturated heterocycles. The SMILES string of the molecule is CC(C)N(C(=O)/C=[C](/c1ccccc1)[Sn]([CH3])([CH3])[CH3])C(C)C. The van der Waals surface area contributed by atoms with Gasteiger partial charge in [0.25, 0.3) is 0 Å². The Bertz CT molecular complexity index is 490. The van der Waals surface area contributed by atoms with Gasteiger partial charge in [-0.25, -0.2) is 0 Å². The zero-order valence-corrected chi connectivity index (χ0v) is 17.3. The van der Waals surface area contributed by atoms with E-state index in [1.165, 1.54) is 9.15 Å². The molecule has 1 aromatic rings. The normalized spacial score (nSPS) is 12.9. The van der Waals surface area contributed by atoms with E-state index in [9.17, 15) is 4.79 Å². The van der Waals surface area contributed by atoms with Gasteiger partial charge in [0.15, 0.2) is 0 Å². The van der Waals surface area contributed by atoms with Crippen LogP contribution in [0.2, 0.25) is 14.8 Å². The minimum atomic E-state index is -2.37. The molecule has 0 fully saturated rings. The van der Waals surface area contributed by atoms with E-state index in [1.54, 1.807) is 0 Å². The fourth-order valence-electron chi connectivity index (χ4n) is 2.65. The van der Waals surface area contributed by atoms with Crippen molar-refractivity contribution in [3.63, 3.8) is 0 Å². The van der Waals surface area contributed by atoms with Crippen molar-refractivity contribution in [2.75, 3.05) is 0 Å². The van der Waals surface area contributed by atoms with E-state index < -0.39 is 18.4 Å². The Morgan fingerprint density at radius 2 is 1.48 bits per heavy atom. The van der Waals surface area contributed by atoms with Crippen LogP contribution in [0.4, 0.5) is 0 Å². The van der Waals surface area contributed by atoms with Crippen LogP contribution in [0.1, 0.15) is 33.3 Å². The van der Waals surface area contributed by atoms with E-state index in [-0.39, 0.29) is 18.0 Å². The molecule has 2 nitrogen and oxygen atoms in total. The van der Waals surface area contributed by atoms with Crippen molar-refractivity contribution in [1.29, 1.82) is 0 Å². The van der Waals surface area contributed by atoms with Crippen LogP contribution in [0, 0.1) is 0 Å². The Labute approximate surface area is 134 Å². The molecule has 1 aromatic carbocycles. The molecule has 0 aliphatic heterocycles. The average molecular weight is 394 g/mol. The van der Waals surface area contributed by atoms with Crippen molar-refractivity contribution in [3.05, 3.63) is 42.0 Å². The van der Waals surface area contributed by atoms with Gasteiger partial charge < -0.3 is 0 Å². The molecule has 21 heavy (non-hydrogen) atoms. The summed E-state index contributed by atoms with van der Waals surface area (Å²) in [5.74, 6) is 0.144. The number of amides is 1. The Kier molecular flexibility index (Phi) is 6.51. The van der Waals surface area contributed by atoms with Crippen LogP contribution in [0.3, 0.4) is 0 Å². The van der Waals surface area contributed by atoms with Crippen LogP contribution >= 0.6 is 0 Å². The Balaban J connectivity index is 3.24. The van der Waals surface area contributed by atoms with Crippen LogP contribution < -0.4 is 0 Å². The van der Waals surface area contributed by atoms with E-state index in [1.807, 2.05) is 29.2 Å². The first-order chi connectivity index (χ1) is 9.64. The van der Waals surface area contributed by atoms with Gasteiger partial charge in [-0.15, -0.1) is 0 Å². The molecule has 0 aromatic heterocycles. The van der Waals surface area contributed by atoms with Crippen LogP contribution in [-0.4, -0.2) is 41.3 Å². The van der Waals surface area contributed by atoms with Gasteiger partial charge in [-0.1, -0.05) is 0 Å². The first kappa shape index (κ1) is 18.3. The summed E-state index contributed by atoms with van der Waals surface area (Å²) < 4.78 is 1.29. The first-order valence-corrected chi connectivity index (χ1v) is 17.7. The van der Waals surface area contributed by atoms with Gasteiger partial charge in [0.05, 0.1) is 0 Å². The quantitative estimate of drug-likeness (QED) is 0.529. The summed E-state index contributed by atoms with van der Waals surface area (Å²) in [6.45, 7) is 8.31. The molecule has 0 aliphatic carbocycles. The van der Waals surface area contributed by atoms with Crippen molar-refractivity contribution < 1.29 is 4.79 Å². The molecule has 0 saturated carbocycles. The number of carbonyl (C=O) groups is 1. The van der Waals surface area contributed by atoms with Gasteiger partial charge in [0.1, 0.15) is 0 Å². The third-order valence-electron chi connectivity index (χ3n) is 3.53. The fraction of sp³-hybridized carbons (Fsp3) is 0.500. The zero-order valence-electron chi connectivity index (χ0n) is 14.5. The second-order valence-electron chi connectivity index (χ2n) is 7.11. The van der Waals surface area contributed by atoms with Gasteiger partial charge in [-0.3, -0.25) is 0 Å². The summed E-state index contributed by atoms with van der Waals surface area (Å²) in [5, 5.41) is 0. The summed E-state index contributed by atoms with van der Waals surface area (Å²) >= 11 is -2.37. The number of hydrogen-bond donors (Lipinski definition) is 0. The summed E-state index contributed by atoms with van der Waals surface area (Å²) in [4.78, 5) is 21.8. The maximum atomic E-state index is 12.7. The van der Waals surface area contributed by atoms with Gasteiger partial charge >= 0.3 is 134 Å². The molecular formula is C18H29NOSn. The van der Waals surface area contributed by atoms with Crippen LogP contribution in [0.25, 0.3) is 3.59 Å². The van der Waals surface area contributed by atoms with Gasteiger partial charge in [-0.05, 0) is 0 Å². The van der Waals surface area contributed by atoms with Crippen LogP contribution in [0.15, 0.2) is 36.4 Å². The number of nitrogens with zero attached hydrogens (tertiary/aromatic N) is 1. The molecule has 1 rings (SSSR count). The molecule has 0 aliphatic rings. The van der Waals surface area contributed by atoms with Crippen LogP contribution in [0.5, 0.6) is 0 Å². The molecule has 0 radical (unpaired) electrons. The molecule has 3 heteroatoms. The number of benzene rings is 1. The second kappa shape index (κ2) is 7.48. The van der Waals surface area contributed by atoms with E-state index >= 15 is 0 Å². The molecule has 0 atom stereocenters. The van der Waals surface area contributed by atoms with E-state index in [2.05, 4.69) is 54.6 Å². The molecule has 116 valence electrons. The Morgan fingerprint density at radius 1 is 1.00 bits per heavy atom. The summed E-state index contributed by atoms with van der Waals surface area (Å²) in [7, 11) is 0. The summed E-state index contributed by atoms with van der Waals surface area (Å²) in [6, 6.07) is 10.8. The Hall–Kier alpha value is -0.771. The van der Waals surface area contributed by atoms with E-state index in [0.717, 1.165) is 0 Å². The zero-order chi connectivity index (χ0) is 16.2. The fourth-order valence-corrected chi connectivity index (χ4v) is 7.19. The number of hydrogen-bond acceptors (Lipinski definition) is 1. The standard InChI is InChI=1S/C15H20NO.3CH3.Sn/c1-12(2)16(13(3)4)15(17)11-10-14-8-6-5-7-9-14;;;;/h5-9,11-13H,1-4H3;3*1H3;. The van der Waals surface area contributed by atoms with Crippen molar-refractivity contribution in [1.82, 2.24) is 4.90 Å². The van der Waals surface area contributed by atoms with E-state index in [4.69, 9.17) is 0 Å². The Morgan fingerprint density at radius 3 is 1.86 bits per heavy atom. The van der Waals surface area contributed by atoms with Crippen molar-refractivity contribution in [2.24, 2.45) is 0 Å². The number of rotatable bonds is 5. The topological polar surface area (TPSA) is 20.3 Å². The minimum absolute atomic E-state index is 0.144. The second-order valence-corrected chi connectivity index (χ2v) is 21.5.